The number of benzene rings is 1. The predicted molar refractivity (Wildman–Crippen MR) is 78.3 cm³/mol. The van der Waals surface area contributed by atoms with Crippen LogP contribution in [0, 0.1) is 11.1 Å². The van der Waals surface area contributed by atoms with Gasteiger partial charge in [-0.15, -0.1) is 0 Å². The van der Waals surface area contributed by atoms with Crippen LogP contribution in [0.4, 0.5) is 20.2 Å². The summed E-state index contributed by atoms with van der Waals surface area (Å²) in [6.45, 7) is 0.491. The third kappa shape index (κ3) is 3.24. The van der Waals surface area contributed by atoms with Crippen LogP contribution in [0.2, 0.25) is 0 Å². The van der Waals surface area contributed by atoms with Crippen molar-refractivity contribution in [2.24, 2.45) is 5.92 Å². The van der Waals surface area contributed by atoms with E-state index >= 15 is 0 Å². The second kappa shape index (κ2) is 5.99. The van der Waals surface area contributed by atoms with Gasteiger partial charge >= 0.3 is 0 Å². The molecule has 1 aliphatic rings. The number of rotatable bonds is 4. The number of anilines is 1. The van der Waals surface area contributed by atoms with Crippen LogP contribution in [0.3, 0.4) is 0 Å². The molecule has 0 atom stereocenters. The Kier molecular flexibility index (Phi) is 4.45. The summed E-state index contributed by atoms with van der Waals surface area (Å²) in [6, 6.07) is 5.17. The maximum absolute atomic E-state index is 12.8. The quantitative estimate of drug-likeness (QED) is 0.649. The summed E-state index contributed by atoms with van der Waals surface area (Å²) in [6.07, 6.45) is 3.33. The first-order valence-corrected chi connectivity index (χ1v) is 6.72. The summed E-state index contributed by atoms with van der Waals surface area (Å²) in [5, 5.41) is 15.1. The molecule has 2 aromatic rings. The molecule has 120 valence electrons. The highest BCUT2D eigenvalue weighted by molar-refractivity contribution is 5.71. The highest BCUT2D eigenvalue weighted by Gasteiger charge is 2.45. The molecule has 22 heavy (non-hydrogen) atoms. The molecule has 0 aliphatic heterocycles. The first-order chi connectivity index (χ1) is 9.97. The maximum Gasteiger partial charge on any atom is 0.248 e. The van der Waals surface area contributed by atoms with Crippen molar-refractivity contribution < 1.29 is 19.7 Å². The number of nitrogens with zero attached hydrogens (tertiary/aromatic N) is 2. The van der Waals surface area contributed by atoms with E-state index in [4.69, 9.17) is 5.73 Å². The van der Waals surface area contributed by atoms with Crippen LogP contribution in [0.15, 0.2) is 30.6 Å². The summed E-state index contributed by atoms with van der Waals surface area (Å²) < 4.78 is 27.3. The van der Waals surface area contributed by atoms with Gasteiger partial charge in [0.1, 0.15) is 0 Å². The topological polar surface area (TPSA) is 115 Å². The number of nitrogen functional groups attached to an aromatic ring is 1. The molecule has 3 rings (SSSR count). The molecule has 0 radical (unpaired) electrons. The summed E-state index contributed by atoms with van der Waals surface area (Å²) >= 11 is 0. The fourth-order valence-corrected chi connectivity index (χ4v) is 2.65. The average molecular weight is 312 g/mol. The minimum atomic E-state index is -2.50. The summed E-state index contributed by atoms with van der Waals surface area (Å²) in [7, 11) is 0. The number of quaternary nitrogens is 1. The normalized spacial score (nSPS) is 16.9. The van der Waals surface area contributed by atoms with Crippen molar-refractivity contribution in [1.82, 2.24) is 9.78 Å². The summed E-state index contributed by atoms with van der Waals surface area (Å²) in [5.74, 6) is -2.53. The lowest BCUT2D eigenvalue weighted by molar-refractivity contribution is -0.496. The molecule has 0 saturated heterocycles. The van der Waals surface area contributed by atoms with Crippen molar-refractivity contribution in [3.05, 3.63) is 35.8 Å². The van der Waals surface area contributed by atoms with Gasteiger partial charge in [0.25, 0.3) is 0 Å². The Morgan fingerprint density at radius 2 is 2.09 bits per heavy atom. The van der Waals surface area contributed by atoms with Gasteiger partial charge in [-0.05, 0) is 17.5 Å². The highest BCUT2D eigenvalue weighted by atomic mass is 19.3. The van der Waals surface area contributed by atoms with Gasteiger partial charge in [0.2, 0.25) is 5.92 Å². The van der Waals surface area contributed by atoms with Gasteiger partial charge in [-0.1, -0.05) is 6.07 Å². The number of aromatic nitrogens is 2. The standard InChI is InChI=1S/C14H16F2N4O.H2O/c15-14(16)4-9(5-14)7-20-8-11(6-18-20)10-1-2-12(17)13(3-10)19-21;/h1-3,6,8-9H,4-5,7,17,19H2;1H2. The molecule has 0 bridgehead atoms. The number of nitrogens with two attached hydrogens (primary N) is 2. The van der Waals surface area contributed by atoms with E-state index in [1.807, 2.05) is 0 Å². The molecule has 1 aromatic heterocycles. The molecular formula is C14H18F2N4O2. The van der Waals surface area contributed by atoms with E-state index in [1.165, 1.54) is 0 Å². The molecule has 1 heterocycles. The van der Waals surface area contributed by atoms with Crippen LogP contribution in [0.5, 0.6) is 0 Å². The molecule has 1 aromatic carbocycles. The average Bonchev–Trinajstić information content (AvgIpc) is 2.86. The number of hydrogen-bond donors (Lipinski definition) is 2. The molecular weight excluding hydrogens is 294 g/mol. The van der Waals surface area contributed by atoms with Gasteiger partial charge < -0.3 is 21.9 Å². The molecule has 6 nitrogen and oxygen atoms in total. The minimum Gasteiger partial charge on any atom is -0.630 e. The van der Waals surface area contributed by atoms with Gasteiger partial charge in [-0.3, -0.25) is 4.68 Å². The van der Waals surface area contributed by atoms with Crippen molar-refractivity contribution in [2.75, 3.05) is 5.73 Å². The highest BCUT2D eigenvalue weighted by Crippen LogP contribution is 2.43. The van der Waals surface area contributed by atoms with Gasteiger partial charge in [0.15, 0.2) is 5.69 Å². The Balaban J connectivity index is 0.00000176. The van der Waals surface area contributed by atoms with E-state index in [9.17, 15) is 14.0 Å². The fourth-order valence-electron chi connectivity index (χ4n) is 2.65. The van der Waals surface area contributed by atoms with Crippen molar-refractivity contribution in [3.8, 4) is 11.1 Å². The molecule has 1 saturated carbocycles. The predicted octanol–water partition coefficient (Wildman–Crippen LogP) is 1.05. The maximum atomic E-state index is 12.8. The lowest BCUT2D eigenvalue weighted by Gasteiger charge is -2.34. The Labute approximate surface area is 125 Å². The zero-order valence-corrected chi connectivity index (χ0v) is 11.8. The molecule has 1 fully saturated rings. The lowest BCUT2D eigenvalue weighted by Crippen LogP contribution is -2.70. The summed E-state index contributed by atoms with van der Waals surface area (Å²) in [4.78, 5) is 0. The van der Waals surface area contributed by atoms with Crippen molar-refractivity contribution in [3.63, 3.8) is 0 Å². The first-order valence-electron chi connectivity index (χ1n) is 6.72. The van der Waals surface area contributed by atoms with E-state index in [2.05, 4.69) is 5.10 Å². The first kappa shape index (κ1) is 16.3. The zero-order chi connectivity index (χ0) is 15.0. The van der Waals surface area contributed by atoms with E-state index < -0.39 is 5.92 Å². The van der Waals surface area contributed by atoms with Gasteiger partial charge in [0.05, 0.1) is 11.9 Å². The Bertz CT molecular complexity index is 652. The van der Waals surface area contributed by atoms with Crippen molar-refractivity contribution >= 4 is 11.4 Å². The van der Waals surface area contributed by atoms with E-state index in [1.54, 1.807) is 35.3 Å². The molecule has 0 amide bonds. The molecule has 0 spiro atoms. The Morgan fingerprint density at radius 1 is 1.36 bits per heavy atom. The molecule has 8 heteroatoms. The van der Waals surface area contributed by atoms with Gasteiger partial charge in [0, 0.05) is 37.2 Å². The number of alkyl halides is 2. The summed E-state index contributed by atoms with van der Waals surface area (Å²) in [5.41, 5.74) is 8.91. The smallest absolute Gasteiger partial charge is 0.248 e. The van der Waals surface area contributed by atoms with Crippen LogP contribution >= 0.6 is 0 Å². The second-order valence-corrected chi connectivity index (χ2v) is 5.54. The monoisotopic (exact) mass is 312 g/mol. The van der Waals surface area contributed by atoms with Crippen LogP contribution in [0.25, 0.3) is 11.1 Å². The van der Waals surface area contributed by atoms with Crippen LogP contribution in [0.1, 0.15) is 12.8 Å². The van der Waals surface area contributed by atoms with Crippen LogP contribution < -0.4 is 11.2 Å². The van der Waals surface area contributed by atoms with Crippen molar-refractivity contribution in [1.29, 1.82) is 0 Å². The molecule has 0 unspecified atom stereocenters. The van der Waals surface area contributed by atoms with E-state index in [0.29, 0.717) is 23.4 Å². The largest absolute Gasteiger partial charge is 0.630 e. The Morgan fingerprint density at radius 3 is 2.73 bits per heavy atom. The SMILES string of the molecule is Nc1ccc(-c2cnn(CC3CC(F)(F)C3)c2)cc1[NH2+][O-].O. The second-order valence-electron chi connectivity index (χ2n) is 5.54. The van der Waals surface area contributed by atoms with Gasteiger partial charge in [-0.2, -0.15) is 5.10 Å². The van der Waals surface area contributed by atoms with Crippen LogP contribution in [-0.4, -0.2) is 21.2 Å². The van der Waals surface area contributed by atoms with Crippen molar-refractivity contribution in [2.45, 2.75) is 25.3 Å². The third-order valence-electron chi connectivity index (χ3n) is 3.80. The molecule has 6 N–H and O–H groups in total. The fraction of sp³-hybridized carbons (Fsp3) is 0.357. The van der Waals surface area contributed by atoms with Crippen LogP contribution in [-0.2, 0) is 6.54 Å². The number of halogens is 2. The Hall–Kier alpha value is -2.03. The van der Waals surface area contributed by atoms with E-state index in [0.717, 1.165) is 11.1 Å². The number of hydrogen-bond acceptors (Lipinski definition) is 3. The zero-order valence-electron chi connectivity index (χ0n) is 11.8. The van der Waals surface area contributed by atoms with Gasteiger partial charge in [-0.25, -0.2) is 8.78 Å². The molecule has 1 aliphatic carbocycles. The minimum absolute atomic E-state index is 0. The third-order valence-corrected chi connectivity index (χ3v) is 3.80. The lowest BCUT2D eigenvalue weighted by atomic mass is 9.81. The van der Waals surface area contributed by atoms with E-state index in [-0.39, 0.29) is 24.2 Å².